The van der Waals surface area contributed by atoms with Crippen molar-refractivity contribution in [3.63, 3.8) is 0 Å². The fraction of sp³-hybridized carbons (Fsp3) is 0.696. The topological polar surface area (TPSA) is 91.8 Å². The maximum atomic E-state index is 13.3. The summed E-state index contributed by atoms with van der Waals surface area (Å²) in [6, 6.07) is 4.08. The van der Waals surface area contributed by atoms with Crippen LogP contribution in [-0.4, -0.2) is 53.1 Å². The number of aromatic nitrogens is 1. The molecule has 5 fully saturated rings. The van der Waals surface area contributed by atoms with Gasteiger partial charge in [-0.05, 0) is 73.7 Å². The second-order valence-corrected chi connectivity index (χ2v) is 10.9. The number of nitrogens with one attached hydrogen (secondary N) is 1. The number of ether oxygens (including phenoxy) is 1. The zero-order valence-corrected chi connectivity index (χ0v) is 18.8. The molecule has 0 spiro atoms. The summed E-state index contributed by atoms with van der Waals surface area (Å²) in [5.41, 5.74) is 0.655. The molecule has 5 aliphatic rings. The molecule has 1 atom stereocenters. The summed E-state index contributed by atoms with van der Waals surface area (Å²) in [5, 5.41) is 13.0. The first-order valence-corrected chi connectivity index (χ1v) is 12.6. The van der Waals surface area contributed by atoms with E-state index in [9.17, 15) is 9.59 Å². The minimum atomic E-state index is -1.24. The lowest BCUT2D eigenvalue weighted by molar-refractivity contribution is -0.0120. The van der Waals surface area contributed by atoms with E-state index in [0.717, 1.165) is 28.4 Å². The molecule has 1 saturated heterocycles. The van der Waals surface area contributed by atoms with Gasteiger partial charge in [-0.3, -0.25) is 4.79 Å². The van der Waals surface area contributed by atoms with Gasteiger partial charge in [-0.25, -0.2) is 9.78 Å². The van der Waals surface area contributed by atoms with Crippen molar-refractivity contribution in [2.45, 2.75) is 62.6 Å². The van der Waals surface area contributed by atoms with Crippen LogP contribution in [0.1, 0.15) is 55.8 Å². The molecule has 4 bridgehead atoms. The summed E-state index contributed by atoms with van der Waals surface area (Å²) >= 11 is 1.58. The van der Waals surface area contributed by atoms with Crippen molar-refractivity contribution in [1.29, 1.82) is 0 Å². The predicted octanol–water partition coefficient (Wildman–Crippen LogP) is 4.02. The zero-order valence-electron chi connectivity index (χ0n) is 18.0. The van der Waals surface area contributed by atoms with Crippen molar-refractivity contribution < 1.29 is 19.4 Å². The molecule has 31 heavy (non-hydrogen) atoms. The molecule has 4 aliphatic carbocycles. The third-order valence-corrected chi connectivity index (χ3v) is 8.51. The Hall–Kier alpha value is -1.96. The molecule has 1 aromatic heterocycles. The SMILES string of the molecule is CCSc1nc(N2CC[C@H](OC(=O)O)C2)ccc1C(=O)NC1C2CC3CC(C2)CC1C3. The first kappa shape index (κ1) is 20.9. The van der Waals surface area contributed by atoms with Crippen LogP contribution in [0.3, 0.4) is 0 Å². The normalized spacial score (nSPS) is 33.5. The van der Waals surface area contributed by atoms with Crippen LogP contribution in [0.15, 0.2) is 17.2 Å². The fourth-order valence-electron chi connectivity index (χ4n) is 6.59. The second kappa shape index (κ2) is 8.52. The Morgan fingerprint density at radius 2 is 1.90 bits per heavy atom. The van der Waals surface area contributed by atoms with Crippen LogP contribution in [0.25, 0.3) is 0 Å². The Labute approximate surface area is 187 Å². The lowest BCUT2D eigenvalue weighted by atomic mass is 9.54. The number of nitrogens with zero attached hydrogens (tertiary/aromatic N) is 2. The van der Waals surface area contributed by atoms with E-state index < -0.39 is 6.16 Å². The molecule has 8 heteroatoms. The number of thioether (sulfide) groups is 1. The lowest BCUT2D eigenvalue weighted by Crippen LogP contribution is -2.55. The largest absolute Gasteiger partial charge is 0.506 e. The minimum absolute atomic E-state index is 0.000910. The van der Waals surface area contributed by atoms with Gasteiger partial charge in [-0.15, -0.1) is 11.8 Å². The van der Waals surface area contributed by atoms with E-state index in [-0.39, 0.29) is 12.0 Å². The number of amides is 1. The highest BCUT2D eigenvalue weighted by Crippen LogP contribution is 2.53. The van der Waals surface area contributed by atoms with E-state index in [2.05, 4.69) is 12.2 Å². The number of rotatable bonds is 6. The van der Waals surface area contributed by atoms with Gasteiger partial charge in [0.2, 0.25) is 0 Å². The standard InChI is InChI=1S/C23H31N3O4S/c1-2-31-22-18(3-4-19(24-22)26-6-5-17(12-26)30-23(28)29)21(27)25-20-15-8-13-7-14(10-15)11-16(20)9-13/h3-4,13-17,20H,2,5-12H2,1H3,(H,25,27)(H,28,29)/t13?,14?,15?,16?,17-,20?/m0/s1. The third kappa shape index (κ3) is 4.23. The van der Waals surface area contributed by atoms with Crippen molar-refractivity contribution in [2.24, 2.45) is 23.7 Å². The van der Waals surface area contributed by atoms with Gasteiger partial charge >= 0.3 is 6.16 Å². The van der Waals surface area contributed by atoms with Gasteiger partial charge in [0.25, 0.3) is 5.91 Å². The summed E-state index contributed by atoms with van der Waals surface area (Å²) in [5.74, 6) is 4.67. The summed E-state index contributed by atoms with van der Waals surface area (Å²) in [6.45, 7) is 3.25. The van der Waals surface area contributed by atoms with Gasteiger partial charge in [0.15, 0.2) is 0 Å². The molecule has 4 saturated carbocycles. The van der Waals surface area contributed by atoms with E-state index in [0.29, 0.717) is 43.0 Å². The van der Waals surface area contributed by atoms with Crippen molar-refractivity contribution in [3.8, 4) is 0 Å². The highest BCUT2D eigenvalue weighted by atomic mass is 32.2. The van der Waals surface area contributed by atoms with E-state index >= 15 is 0 Å². The molecule has 2 heterocycles. The summed E-state index contributed by atoms with van der Waals surface area (Å²) in [6.07, 6.45) is 5.60. The van der Waals surface area contributed by atoms with Crippen molar-refractivity contribution in [1.82, 2.24) is 10.3 Å². The zero-order chi connectivity index (χ0) is 21.5. The van der Waals surface area contributed by atoms with Gasteiger partial charge in [0.05, 0.1) is 12.1 Å². The molecule has 2 N–H and O–H groups in total. The first-order chi connectivity index (χ1) is 15.0. The average molecular weight is 446 g/mol. The number of hydrogen-bond acceptors (Lipinski definition) is 6. The van der Waals surface area contributed by atoms with Crippen molar-refractivity contribution in [2.75, 3.05) is 23.7 Å². The molecule has 7 nitrogen and oxygen atoms in total. The van der Waals surface area contributed by atoms with Gasteiger partial charge < -0.3 is 20.1 Å². The molecule has 1 aliphatic heterocycles. The maximum Gasteiger partial charge on any atom is 0.506 e. The van der Waals surface area contributed by atoms with Crippen LogP contribution in [-0.2, 0) is 4.74 Å². The molecular weight excluding hydrogens is 414 g/mol. The van der Waals surface area contributed by atoms with Crippen LogP contribution in [0, 0.1) is 23.7 Å². The van der Waals surface area contributed by atoms with Crippen molar-refractivity contribution in [3.05, 3.63) is 17.7 Å². The summed E-state index contributed by atoms with van der Waals surface area (Å²) in [7, 11) is 0. The first-order valence-electron chi connectivity index (χ1n) is 11.6. The minimum Gasteiger partial charge on any atom is -0.450 e. The molecule has 0 aromatic carbocycles. The van der Waals surface area contributed by atoms with Crippen LogP contribution in [0.2, 0.25) is 0 Å². The quantitative estimate of drug-likeness (QED) is 0.505. The number of pyridine rings is 1. The van der Waals surface area contributed by atoms with E-state index in [1.165, 1.54) is 32.1 Å². The second-order valence-electron chi connectivity index (χ2n) is 9.63. The summed E-state index contributed by atoms with van der Waals surface area (Å²) < 4.78 is 4.91. The Morgan fingerprint density at radius 1 is 1.19 bits per heavy atom. The number of carbonyl (C=O) groups is 2. The highest BCUT2D eigenvalue weighted by Gasteiger charge is 2.48. The molecular formula is C23H31N3O4S. The molecule has 6 rings (SSSR count). The van der Waals surface area contributed by atoms with Crippen molar-refractivity contribution >= 4 is 29.6 Å². The van der Waals surface area contributed by atoms with E-state index in [4.69, 9.17) is 14.8 Å². The lowest BCUT2D eigenvalue weighted by Gasteiger charge is -2.54. The van der Waals surface area contributed by atoms with Crippen LogP contribution in [0.5, 0.6) is 0 Å². The van der Waals surface area contributed by atoms with Gasteiger partial charge in [0, 0.05) is 19.0 Å². The van der Waals surface area contributed by atoms with Gasteiger partial charge in [-0.2, -0.15) is 0 Å². The number of carbonyl (C=O) groups excluding carboxylic acids is 1. The Bertz CT molecular complexity index is 835. The Kier molecular flexibility index (Phi) is 5.75. The highest BCUT2D eigenvalue weighted by molar-refractivity contribution is 7.99. The fourth-order valence-corrected chi connectivity index (χ4v) is 7.34. The van der Waals surface area contributed by atoms with E-state index in [1.54, 1.807) is 11.8 Å². The molecule has 168 valence electrons. The smallest absolute Gasteiger partial charge is 0.450 e. The third-order valence-electron chi connectivity index (χ3n) is 7.63. The maximum absolute atomic E-state index is 13.3. The average Bonchev–Trinajstić information content (AvgIpc) is 3.18. The van der Waals surface area contributed by atoms with Gasteiger partial charge in [0.1, 0.15) is 16.9 Å². The Morgan fingerprint density at radius 3 is 2.55 bits per heavy atom. The number of anilines is 1. The number of carboxylic acid groups (broad SMARTS) is 1. The van der Waals surface area contributed by atoms with Gasteiger partial charge in [-0.1, -0.05) is 6.92 Å². The molecule has 1 amide bonds. The van der Waals surface area contributed by atoms with Crippen LogP contribution >= 0.6 is 11.8 Å². The summed E-state index contributed by atoms with van der Waals surface area (Å²) in [4.78, 5) is 30.9. The molecule has 0 unspecified atom stereocenters. The molecule has 1 aromatic rings. The monoisotopic (exact) mass is 445 g/mol. The predicted molar refractivity (Wildman–Crippen MR) is 119 cm³/mol. The Balaban J connectivity index is 1.30. The van der Waals surface area contributed by atoms with E-state index in [1.807, 2.05) is 17.0 Å². The van der Waals surface area contributed by atoms with Crippen LogP contribution in [0.4, 0.5) is 10.6 Å². The molecule has 0 radical (unpaired) electrons. The number of hydrogen-bond donors (Lipinski definition) is 2. The van der Waals surface area contributed by atoms with Crippen LogP contribution < -0.4 is 10.2 Å².